The first-order valence-electron chi connectivity index (χ1n) is 9.81. The van der Waals surface area contributed by atoms with Crippen LogP contribution in [0, 0.1) is 0 Å². The number of carboxylic acid groups (broad SMARTS) is 1. The topological polar surface area (TPSA) is 167 Å². The molecule has 1 saturated carbocycles. The highest BCUT2D eigenvalue weighted by Crippen LogP contribution is 2.14. The summed E-state index contributed by atoms with van der Waals surface area (Å²) in [6, 6.07) is 5.60. The van der Waals surface area contributed by atoms with Gasteiger partial charge in [0.05, 0.1) is 4.90 Å². The molecule has 1 aromatic carbocycles. The van der Waals surface area contributed by atoms with Crippen LogP contribution < -0.4 is 17.2 Å². The number of nitrogens with two attached hydrogens (primary N) is 3. The van der Waals surface area contributed by atoms with E-state index in [0.717, 1.165) is 19.1 Å². The molecule has 0 radical (unpaired) electrons. The molecule has 7 N–H and O–H groups in total. The van der Waals surface area contributed by atoms with E-state index < -0.39 is 21.8 Å². The van der Waals surface area contributed by atoms with Gasteiger partial charge in [-0.3, -0.25) is 9.59 Å². The molecule has 0 heterocycles. The zero-order chi connectivity index (χ0) is 22.3. The smallest absolute Gasteiger partial charge is 0.320 e. The van der Waals surface area contributed by atoms with Gasteiger partial charge in [0.15, 0.2) is 9.84 Å². The Morgan fingerprint density at radius 1 is 1.17 bits per heavy atom. The molecule has 29 heavy (non-hydrogen) atoms. The number of hydrogen-bond acceptors (Lipinski definition) is 7. The highest BCUT2D eigenvalue weighted by atomic mass is 32.2. The van der Waals surface area contributed by atoms with Crippen molar-refractivity contribution in [3.63, 3.8) is 0 Å². The summed E-state index contributed by atoms with van der Waals surface area (Å²) in [5, 5.41) is 8.33. The Morgan fingerprint density at radius 2 is 1.72 bits per heavy atom. The third kappa shape index (κ3) is 13.9. The van der Waals surface area contributed by atoms with Crippen molar-refractivity contribution in [2.24, 2.45) is 17.2 Å². The zero-order valence-corrected chi connectivity index (χ0v) is 17.9. The van der Waals surface area contributed by atoms with Crippen LogP contribution in [0.1, 0.15) is 61.7 Å². The Labute approximate surface area is 173 Å². The van der Waals surface area contributed by atoms with Crippen LogP contribution in [0.5, 0.6) is 0 Å². The van der Waals surface area contributed by atoms with Crippen molar-refractivity contribution in [1.82, 2.24) is 0 Å². The van der Waals surface area contributed by atoms with Gasteiger partial charge in [-0.15, -0.1) is 0 Å². The minimum absolute atomic E-state index is 0.230. The normalized spacial score (nSPS) is 15.2. The van der Waals surface area contributed by atoms with Crippen molar-refractivity contribution in [2.45, 2.75) is 68.3 Å². The van der Waals surface area contributed by atoms with E-state index in [1.165, 1.54) is 56.4 Å². The number of unbranched alkanes of at least 4 members (excludes halogenated alkanes) is 1. The van der Waals surface area contributed by atoms with Crippen LogP contribution in [-0.2, 0) is 14.6 Å². The van der Waals surface area contributed by atoms with E-state index in [1.54, 1.807) is 0 Å². The van der Waals surface area contributed by atoms with Crippen LogP contribution in [0.25, 0.3) is 0 Å². The Hall–Kier alpha value is -1.81. The fourth-order valence-corrected chi connectivity index (χ4v) is 3.19. The van der Waals surface area contributed by atoms with Gasteiger partial charge in [-0.2, -0.15) is 0 Å². The monoisotopic (exact) mass is 429 g/mol. The van der Waals surface area contributed by atoms with Crippen molar-refractivity contribution in [3.8, 4) is 0 Å². The largest absolute Gasteiger partial charge is 0.480 e. The first-order chi connectivity index (χ1) is 13.6. The van der Waals surface area contributed by atoms with Crippen molar-refractivity contribution < 1.29 is 23.1 Å². The second kappa shape index (κ2) is 15.1. The lowest BCUT2D eigenvalue weighted by Crippen LogP contribution is -2.29. The van der Waals surface area contributed by atoms with E-state index >= 15 is 0 Å². The lowest BCUT2D eigenvalue weighted by molar-refractivity contribution is -0.138. The first-order valence-corrected chi connectivity index (χ1v) is 11.7. The molecule has 0 saturated heterocycles. The van der Waals surface area contributed by atoms with E-state index in [1.807, 2.05) is 0 Å². The summed E-state index contributed by atoms with van der Waals surface area (Å²) in [5.74, 6) is -0.933. The van der Waals surface area contributed by atoms with E-state index in [2.05, 4.69) is 0 Å². The van der Waals surface area contributed by atoms with Gasteiger partial charge in [-0.05, 0) is 44.4 Å². The van der Waals surface area contributed by atoms with Gasteiger partial charge in [0.25, 0.3) is 0 Å². The summed E-state index contributed by atoms with van der Waals surface area (Å²) in [5.41, 5.74) is 16.5. The Balaban J connectivity index is 0.000000419. The molecule has 1 aliphatic rings. The number of rotatable bonds is 7. The molecule has 1 aliphatic carbocycles. The Bertz CT molecular complexity index is 687. The Kier molecular flexibility index (Phi) is 14.1. The maximum atomic E-state index is 10.9. The van der Waals surface area contributed by atoms with Gasteiger partial charge in [0.2, 0.25) is 0 Å². The third-order valence-electron chi connectivity index (χ3n) is 4.38. The van der Waals surface area contributed by atoms with Gasteiger partial charge in [-0.1, -0.05) is 37.8 Å². The second-order valence-electron chi connectivity index (χ2n) is 7.09. The van der Waals surface area contributed by atoms with E-state index in [0.29, 0.717) is 30.9 Å². The number of carbonyl (C=O) groups is 2. The fraction of sp³-hybridized carbons (Fsp3) is 0.600. The molecule has 2 rings (SSSR count). The van der Waals surface area contributed by atoms with Crippen LogP contribution in [-0.4, -0.2) is 50.7 Å². The van der Waals surface area contributed by atoms with Crippen molar-refractivity contribution in [3.05, 3.63) is 29.8 Å². The molecule has 1 fully saturated rings. The minimum Gasteiger partial charge on any atom is -0.480 e. The molecule has 0 aliphatic heterocycles. The molecule has 0 spiro atoms. The summed E-state index contributed by atoms with van der Waals surface area (Å²) >= 11 is 0. The molecule has 1 aromatic rings. The third-order valence-corrected chi connectivity index (χ3v) is 5.51. The molecular formula is C20H35N3O5S. The van der Waals surface area contributed by atoms with Crippen molar-refractivity contribution in [1.29, 1.82) is 0 Å². The average molecular weight is 430 g/mol. The number of hydrogen-bond donors (Lipinski definition) is 4. The fourth-order valence-electron chi connectivity index (χ4n) is 2.56. The molecule has 166 valence electrons. The Morgan fingerprint density at radius 3 is 2.07 bits per heavy atom. The molecule has 0 unspecified atom stereocenters. The van der Waals surface area contributed by atoms with Gasteiger partial charge in [0, 0.05) is 17.9 Å². The quantitative estimate of drug-likeness (QED) is 0.375. The predicted molar refractivity (Wildman–Crippen MR) is 115 cm³/mol. The van der Waals surface area contributed by atoms with Crippen LogP contribution in [0.4, 0.5) is 0 Å². The number of sulfone groups is 1. The van der Waals surface area contributed by atoms with Crippen molar-refractivity contribution in [2.75, 3.05) is 12.8 Å². The van der Waals surface area contributed by atoms with Gasteiger partial charge in [-0.25, -0.2) is 8.42 Å². The minimum atomic E-state index is -3.14. The summed E-state index contributed by atoms with van der Waals surface area (Å²) < 4.78 is 21.9. The van der Waals surface area contributed by atoms with Crippen LogP contribution in [0.3, 0.4) is 0 Å². The van der Waals surface area contributed by atoms with Gasteiger partial charge < -0.3 is 22.3 Å². The predicted octanol–water partition coefficient (Wildman–Crippen LogP) is 1.71. The highest BCUT2D eigenvalue weighted by molar-refractivity contribution is 7.90. The van der Waals surface area contributed by atoms with Crippen molar-refractivity contribution >= 4 is 22.1 Å². The molecule has 0 bridgehead atoms. The number of aldehydes is 1. The average Bonchev–Trinajstić information content (AvgIpc) is 2.69. The molecule has 0 amide bonds. The molecule has 8 nitrogen and oxygen atoms in total. The summed E-state index contributed by atoms with van der Waals surface area (Å²) in [7, 11) is -3.14. The lowest BCUT2D eigenvalue weighted by atomic mass is 9.97. The van der Waals surface area contributed by atoms with Gasteiger partial charge >= 0.3 is 5.97 Å². The SMILES string of the molecule is CS(=O)(=O)c1ccc(C=O)cc1.NC1CCCCC1.NCCCC[C@H](N)C(=O)O. The number of carbonyl (C=O) groups excluding carboxylic acids is 1. The zero-order valence-electron chi connectivity index (χ0n) is 17.1. The van der Waals surface area contributed by atoms with E-state index in [-0.39, 0.29) is 4.90 Å². The number of aliphatic carboxylic acids is 1. The molecule has 0 aromatic heterocycles. The number of benzene rings is 1. The van der Waals surface area contributed by atoms with Crippen LogP contribution in [0.2, 0.25) is 0 Å². The summed E-state index contributed by atoms with van der Waals surface area (Å²) in [4.78, 5) is 20.6. The maximum Gasteiger partial charge on any atom is 0.320 e. The lowest BCUT2D eigenvalue weighted by Gasteiger charge is -2.15. The van der Waals surface area contributed by atoms with E-state index in [9.17, 15) is 18.0 Å². The molecule has 9 heteroatoms. The number of carboxylic acids is 1. The maximum absolute atomic E-state index is 10.9. The second-order valence-corrected chi connectivity index (χ2v) is 9.10. The summed E-state index contributed by atoms with van der Waals surface area (Å²) in [6.07, 6.45) is 10.6. The van der Waals surface area contributed by atoms with Crippen LogP contribution in [0.15, 0.2) is 29.2 Å². The highest BCUT2D eigenvalue weighted by Gasteiger charge is 2.09. The first kappa shape index (κ1) is 27.2. The standard InChI is InChI=1S/C8H8O3S.C6H14N2O2.C6H13N/c1-12(10,11)8-4-2-7(6-9)3-5-8;7-4-2-1-3-5(8)6(9)10;7-6-4-2-1-3-5-6/h2-6H,1H3;5H,1-4,7-8H2,(H,9,10);6H,1-5,7H2/t;5-;/m.0./s1. The molecule has 1 atom stereocenters. The van der Waals surface area contributed by atoms with E-state index in [4.69, 9.17) is 22.3 Å². The summed E-state index contributed by atoms with van der Waals surface area (Å²) in [6.45, 7) is 0.604. The van der Waals surface area contributed by atoms with Crippen LogP contribution >= 0.6 is 0 Å². The molecular weight excluding hydrogens is 394 g/mol. The van der Waals surface area contributed by atoms with Gasteiger partial charge in [0.1, 0.15) is 12.3 Å².